The summed E-state index contributed by atoms with van der Waals surface area (Å²) in [5, 5.41) is 41.3. The Labute approximate surface area is 597 Å². The summed E-state index contributed by atoms with van der Waals surface area (Å²) in [4.78, 5) is 66.4. The van der Waals surface area contributed by atoms with E-state index in [0.717, 1.165) is 95.8 Å². The summed E-state index contributed by atoms with van der Waals surface area (Å²) in [5.41, 5.74) is -1.41. The molecule has 0 radical (unpaired) electrons. The van der Waals surface area contributed by atoms with Crippen molar-refractivity contribution in [1.29, 1.82) is 0 Å². The van der Waals surface area contributed by atoms with Crippen LogP contribution in [0.15, 0.2) is 191 Å². The van der Waals surface area contributed by atoms with Crippen molar-refractivity contribution in [3.8, 4) is 62.5 Å². The van der Waals surface area contributed by atoms with E-state index >= 15 is 0 Å². The number of para-hydroxylation sites is 1. The number of amides is 6. The van der Waals surface area contributed by atoms with Gasteiger partial charge in [0.15, 0.2) is 0 Å². The number of sulfonamides is 3. The molecule has 540 valence electrons. The van der Waals surface area contributed by atoms with E-state index in [9.17, 15) is 83.2 Å². The van der Waals surface area contributed by atoms with Crippen LogP contribution in [0.1, 0.15) is 79.2 Å². The largest absolute Gasteiger partial charge is 0.497 e. The lowest BCUT2D eigenvalue weighted by atomic mass is 9.96. The van der Waals surface area contributed by atoms with Gasteiger partial charge in [-0.1, -0.05) is 79.9 Å². The number of ether oxygens (including phenoxy) is 4. The number of alkyl halides is 3. The van der Waals surface area contributed by atoms with Crippen LogP contribution in [0.5, 0.6) is 40.2 Å². The molecular weight excluding hydrogens is 1510 g/mol. The smallest absolute Gasteiger partial charge is 0.416 e. The van der Waals surface area contributed by atoms with Crippen LogP contribution < -0.4 is 49.1 Å². The van der Waals surface area contributed by atoms with E-state index in [2.05, 4.69) is 38.5 Å². The third kappa shape index (κ3) is 22.9. The molecule has 1 aliphatic rings. The molecule has 0 unspecified atom stereocenters. The van der Waals surface area contributed by atoms with Crippen molar-refractivity contribution in [2.24, 2.45) is 0 Å². The minimum absolute atomic E-state index is 0.0961. The molecule has 0 aromatic heterocycles. The molecule has 1 aliphatic carbocycles. The average Bonchev–Trinajstić information content (AvgIpc) is 0.801. The minimum Gasteiger partial charge on any atom is -0.497 e. The maximum absolute atomic E-state index is 13.1. The molecule has 102 heavy (non-hydrogen) atoms. The first-order chi connectivity index (χ1) is 47.7. The Morgan fingerprint density at radius 1 is 0.461 bits per heavy atom. The number of urea groups is 3. The molecule has 35 heteroatoms. The van der Waals surface area contributed by atoms with Crippen LogP contribution in [0, 0.1) is 33.9 Å². The number of carbonyl (C=O) groups is 3. The third-order valence-corrected chi connectivity index (χ3v) is 18.7. The fourth-order valence-electron chi connectivity index (χ4n) is 9.50. The first kappa shape index (κ1) is 78.7. The molecule has 0 heterocycles. The highest BCUT2D eigenvalue weighted by atomic mass is 127. The third-order valence-electron chi connectivity index (χ3n) is 14.0. The summed E-state index contributed by atoms with van der Waals surface area (Å²) in [6, 6.07) is 37.7. The number of nitrogens with zero attached hydrogens (tertiary/aromatic N) is 3. The van der Waals surface area contributed by atoms with Gasteiger partial charge in [0.25, 0.3) is 47.1 Å². The van der Waals surface area contributed by atoms with Crippen LogP contribution in [-0.4, -0.2) is 82.3 Å². The normalized spacial score (nSPS) is 12.6. The molecule has 6 N–H and O–H groups in total. The average molecular weight is 1580 g/mol. The number of hydrogen-bond donors (Lipinski definition) is 6. The fraction of sp³-hybridized carbons (Fsp3) is 0.239. The standard InChI is InChI=1S/C24H22F3N3O6S.C24H25N3O7S.C19H20IN3O6S/c1-23(2,3)28-22(31)29-37(34,35)21-14-18(30(32)33)11-12-20(21)36-19-6-4-5-16(13-19)15-7-9-17(10-8-15)24(25,26)27;1-24(2,3)25-23(28)26-35(31,32)22-15-17(27(29)30)11-14-21(22)34-20-8-6-5-7-19(20)16-9-12-18(33-4)13-10-16;20-13-5-4-8-16(11-13)29-17-10-9-15(23(25)26)12-18(17)30(27,28)22-19(24)21-14-6-2-1-3-7-14/h4-14H,1-3H3,(H2,28,29,31);5-15H,1-4H3,(H2,25,26,28);4-5,8-12,14H,1-3,6-7H2,(H2,21,22,24). The lowest BCUT2D eigenvalue weighted by Crippen LogP contribution is -2.48. The number of rotatable bonds is 19. The molecule has 0 spiro atoms. The van der Waals surface area contributed by atoms with Crippen molar-refractivity contribution < 1.29 is 86.5 Å². The zero-order chi connectivity index (χ0) is 75.1. The summed E-state index contributed by atoms with van der Waals surface area (Å²) in [7, 11) is -12.0. The molecule has 8 aromatic rings. The number of benzene rings is 8. The van der Waals surface area contributed by atoms with Crippen LogP contribution in [0.4, 0.5) is 44.6 Å². The quantitative estimate of drug-likeness (QED) is 0.0249. The van der Waals surface area contributed by atoms with Gasteiger partial charge in [0, 0.05) is 62.7 Å². The molecule has 1 saturated carbocycles. The van der Waals surface area contributed by atoms with E-state index in [1.54, 1.807) is 114 Å². The van der Waals surface area contributed by atoms with Gasteiger partial charge in [-0.25, -0.2) is 53.8 Å². The Kier molecular flexibility index (Phi) is 25.6. The number of non-ortho nitro benzene ring substituents is 3. The second-order valence-electron chi connectivity index (χ2n) is 24.3. The monoisotopic (exact) mass is 1580 g/mol. The van der Waals surface area contributed by atoms with E-state index in [0.29, 0.717) is 33.9 Å². The Balaban J connectivity index is 0.000000216. The number of carbonyl (C=O) groups excluding carboxylic acids is 3. The maximum atomic E-state index is 13.1. The molecule has 0 atom stereocenters. The second-order valence-corrected chi connectivity index (χ2v) is 30.5. The topological polar surface area (TPSA) is 392 Å². The van der Waals surface area contributed by atoms with E-state index in [4.69, 9.17) is 18.9 Å². The van der Waals surface area contributed by atoms with Crippen molar-refractivity contribution in [2.45, 2.75) is 112 Å². The number of methoxy groups -OCH3 is 1. The van der Waals surface area contributed by atoms with Gasteiger partial charge in [0.05, 0.1) is 27.4 Å². The number of hydrogen-bond acceptors (Lipinski definition) is 19. The summed E-state index contributed by atoms with van der Waals surface area (Å²) in [6.07, 6.45) is 0.105. The Morgan fingerprint density at radius 3 is 1.31 bits per heavy atom. The van der Waals surface area contributed by atoms with Crippen LogP contribution in [0.25, 0.3) is 22.3 Å². The van der Waals surface area contributed by atoms with Gasteiger partial charge >= 0.3 is 24.3 Å². The molecule has 1 fully saturated rings. The van der Waals surface area contributed by atoms with E-state index in [1.165, 1.54) is 42.5 Å². The van der Waals surface area contributed by atoms with Gasteiger partial charge in [0.1, 0.15) is 54.9 Å². The minimum atomic E-state index is -4.62. The zero-order valence-electron chi connectivity index (χ0n) is 55.2. The van der Waals surface area contributed by atoms with Gasteiger partial charge in [-0.2, -0.15) is 13.2 Å². The highest BCUT2D eigenvalue weighted by Crippen LogP contribution is 2.40. The highest BCUT2D eigenvalue weighted by molar-refractivity contribution is 14.1. The molecule has 6 amide bonds. The van der Waals surface area contributed by atoms with E-state index < -0.39 is 117 Å². The predicted molar refractivity (Wildman–Crippen MR) is 377 cm³/mol. The lowest BCUT2D eigenvalue weighted by molar-refractivity contribution is -0.385. The summed E-state index contributed by atoms with van der Waals surface area (Å²) >= 11 is 2.08. The van der Waals surface area contributed by atoms with Crippen molar-refractivity contribution in [3.05, 3.63) is 215 Å². The Morgan fingerprint density at radius 2 is 0.882 bits per heavy atom. The first-order valence-electron chi connectivity index (χ1n) is 30.4. The summed E-state index contributed by atoms with van der Waals surface area (Å²) in [6.45, 7) is 9.92. The van der Waals surface area contributed by atoms with Gasteiger partial charge in [-0.3, -0.25) is 30.3 Å². The molecule has 9 rings (SSSR count). The van der Waals surface area contributed by atoms with Crippen LogP contribution >= 0.6 is 22.6 Å². The van der Waals surface area contributed by atoms with Crippen molar-refractivity contribution >= 4 is 87.8 Å². The number of nitro benzene ring substituents is 3. The Bertz CT molecular complexity index is 4790. The van der Waals surface area contributed by atoms with Gasteiger partial charge in [-0.05, 0) is 173 Å². The van der Waals surface area contributed by atoms with E-state index in [-0.39, 0.29) is 29.0 Å². The van der Waals surface area contributed by atoms with Crippen LogP contribution in [0.3, 0.4) is 0 Å². The van der Waals surface area contributed by atoms with Crippen molar-refractivity contribution in [3.63, 3.8) is 0 Å². The van der Waals surface area contributed by atoms with Crippen LogP contribution in [-0.2, 0) is 36.2 Å². The number of nitro groups is 3. The van der Waals surface area contributed by atoms with Gasteiger partial charge < -0.3 is 34.9 Å². The zero-order valence-corrected chi connectivity index (χ0v) is 59.8. The van der Waals surface area contributed by atoms with Gasteiger partial charge in [0.2, 0.25) is 0 Å². The summed E-state index contributed by atoms with van der Waals surface area (Å²) in [5.74, 6) is 0.803. The first-order valence-corrected chi connectivity index (χ1v) is 35.9. The number of nitrogens with one attached hydrogen (secondary N) is 6. The molecular formula is C67H67F3IN9O19S3. The van der Waals surface area contributed by atoms with Crippen molar-refractivity contribution in [1.82, 2.24) is 30.1 Å². The second kappa shape index (κ2) is 33.2. The Hall–Kier alpha value is -10.7. The molecule has 0 aliphatic heterocycles. The SMILES string of the molecule is CC(C)(C)NC(=O)NS(=O)(=O)c1cc([N+](=O)[O-])ccc1Oc1cccc(-c2ccc(C(F)(F)F)cc2)c1.COc1ccc(-c2ccccc2Oc2ccc([N+](=O)[O-])cc2S(=O)(=O)NC(=O)NC(C)(C)C)cc1.O=C(NC1CCCCC1)NS(=O)(=O)c1cc([N+](=O)[O-])ccc1Oc1cccc(I)c1. The lowest BCUT2D eigenvalue weighted by Gasteiger charge is -2.22. The molecule has 28 nitrogen and oxygen atoms in total. The van der Waals surface area contributed by atoms with Crippen LogP contribution in [0.2, 0.25) is 0 Å². The predicted octanol–water partition coefficient (Wildman–Crippen LogP) is 15.0. The highest BCUT2D eigenvalue weighted by Gasteiger charge is 2.33. The van der Waals surface area contributed by atoms with Crippen molar-refractivity contribution in [2.75, 3.05) is 7.11 Å². The fourth-order valence-corrected chi connectivity index (χ4v) is 13.2. The molecule has 0 saturated heterocycles. The van der Waals surface area contributed by atoms with E-state index in [1.807, 2.05) is 27.6 Å². The molecule has 0 bridgehead atoms. The van der Waals surface area contributed by atoms with Gasteiger partial charge in [-0.15, -0.1) is 0 Å². The summed E-state index contributed by atoms with van der Waals surface area (Å²) < 4.78 is 145. The maximum Gasteiger partial charge on any atom is 0.416 e. The number of halogens is 4. The molecule has 8 aromatic carbocycles.